The third kappa shape index (κ3) is 3.80. The molecule has 106 valence electrons. The van der Waals surface area contributed by atoms with Crippen molar-refractivity contribution in [2.24, 2.45) is 11.8 Å². The molecule has 0 fully saturated rings. The molecule has 1 aromatic rings. The van der Waals surface area contributed by atoms with E-state index in [0.717, 1.165) is 23.6 Å². The molecule has 0 saturated carbocycles. The van der Waals surface area contributed by atoms with Crippen molar-refractivity contribution in [2.45, 2.75) is 46.5 Å². The minimum atomic E-state index is -0.104. The number of rotatable bonds is 5. The quantitative estimate of drug-likeness (QED) is 0.838. The normalized spacial score (nSPS) is 18.4. The number of aryl methyl sites for hydroxylation is 1. The van der Waals surface area contributed by atoms with Crippen LogP contribution in [0.15, 0.2) is 6.07 Å². The molecule has 0 radical (unpaired) electrons. The lowest BCUT2D eigenvalue weighted by molar-refractivity contribution is 0.0212. The highest BCUT2D eigenvalue weighted by Crippen LogP contribution is 2.33. The van der Waals surface area contributed by atoms with E-state index in [1.165, 1.54) is 23.3 Å². The number of carbonyl (C=O) groups excluding carboxylic acids is 1. The van der Waals surface area contributed by atoms with E-state index < -0.39 is 0 Å². The van der Waals surface area contributed by atoms with Gasteiger partial charge < -0.3 is 0 Å². The van der Waals surface area contributed by atoms with E-state index in [1.807, 2.05) is 0 Å². The van der Waals surface area contributed by atoms with Crippen LogP contribution in [0.25, 0.3) is 0 Å². The minimum absolute atomic E-state index is 0.104. The summed E-state index contributed by atoms with van der Waals surface area (Å²) < 4.78 is 0. The molecular weight excluding hydrogens is 258 g/mol. The molecule has 0 bridgehead atoms. The summed E-state index contributed by atoms with van der Waals surface area (Å²) in [5.74, 6) is 1.10. The number of hydrogen-bond acceptors (Lipinski definition) is 3. The van der Waals surface area contributed by atoms with E-state index in [0.29, 0.717) is 12.5 Å². The van der Waals surface area contributed by atoms with Gasteiger partial charge in [0.1, 0.15) is 0 Å². The van der Waals surface area contributed by atoms with Crippen LogP contribution in [0.1, 0.15) is 53.7 Å². The molecule has 1 atom stereocenters. The van der Waals surface area contributed by atoms with Gasteiger partial charge in [-0.25, -0.2) is 5.48 Å². The smallest absolute Gasteiger partial charge is 0.273 e. The Balaban J connectivity index is 1.95. The van der Waals surface area contributed by atoms with Crippen molar-refractivity contribution in [3.8, 4) is 0 Å². The summed E-state index contributed by atoms with van der Waals surface area (Å²) in [6.07, 6.45) is 4.74. The first kappa shape index (κ1) is 14.5. The first-order valence-corrected chi connectivity index (χ1v) is 7.95. The number of hydroxylamine groups is 1. The zero-order valence-electron chi connectivity index (χ0n) is 12.0. The highest BCUT2D eigenvalue weighted by atomic mass is 32.1. The molecule has 1 amide bonds. The lowest BCUT2D eigenvalue weighted by Crippen LogP contribution is -2.24. The number of thiophene rings is 1. The molecule has 4 heteroatoms. The highest BCUT2D eigenvalue weighted by molar-refractivity contribution is 7.14. The lowest BCUT2D eigenvalue weighted by Gasteiger charge is -2.19. The predicted molar refractivity (Wildman–Crippen MR) is 78.4 cm³/mol. The molecule has 3 nitrogen and oxygen atoms in total. The molecule has 0 aliphatic heterocycles. The maximum Gasteiger partial charge on any atom is 0.284 e. The molecule has 1 aliphatic rings. The Bertz CT molecular complexity index is 439. The van der Waals surface area contributed by atoms with Gasteiger partial charge in [-0.3, -0.25) is 9.63 Å². The average molecular weight is 281 g/mol. The number of amides is 1. The SMILES string of the molecule is CCC1CCc2sc(C(=O)NOCC(C)C)cc2C1. The monoisotopic (exact) mass is 281 g/mol. The second-order valence-electron chi connectivity index (χ2n) is 5.71. The predicted octanol–water partition coefficient (Wildman–Crippen LogP) is 3.58. The van der Waals surface area contributed by atoms with Crippen LogP contribution in [0.3, 0.4) is 0 Å². The van der Waals surface area contributed by atoms with Crippen LogP contribution < -0.4 is 5.48 Å². The molecule has 1 N–H and O–H groups in total. The van der Waals surface area contributed by atoms with Gasteiger partial charge in [0.25, 0.3) is 5.91 Å². The zero-order chi connectivity index (χ0) is 13.8. The van der Waals surface area contributed by atoms with Gasteiger partial charge in [-0.1, -0.05) is 27.2 Å². The van der Waals surface area contributed by atoms with Crippen LogP contribution in [-0.2, 0) is 17.7 Å². The van der Waals surface area contributed by atoms with Gasteiger partial charge in [-0.05, 0) is 42.7 Å². The van der Waals surface area contributed by atoms with Crippen LogP contribution in [0, 0.1) is 11.8 Å². The Kier molecular flexibility index (Phi) is 4.99. The topological polar surface area (TPSA) is 38.3 Å². The largest absolute Gasteiger partial charge is 0.284 e. The Labute approximate surface area is 119 Å². The Morgan fingerprint density at radius 2 is 2.37 bits per heavy atom. The first-order valence-electron chi connectivity index (χ1n) is 7.13. The van der Waals surface area contributed by atoms with Gasteiger partial charge >= 0.3 is 0 Å². The van der Waals surface area contributed by atoms with Gasteiger partial charge in [-0.15, -0.1) is 11.3 Å². The van der Waals surface area contributed by atoms with Gasteiger partial charge in [0.15, 0.2) is 0 Å². The molecule has 0 saturated heterocycles. The van der Waals surface area contributed by atoms with E-state index in [9.17, 15) is 4.79 Å². The average Bonchev–Trinajstić information content (AvgIpc) is 2.80. The van der Waals surface area contributed by atoms with Crippen LogP contribution >= 0.6 is 11.3 Å². The summed E-state index contributed by atoms with van der Waals surface area (Å²) in [5, 5.41) is 0. The van der Waals surface area contributed by atoms with Crippen molar-refractivity contribution in [1.82, 2.24) is 5.48 Å². The lowest BCUT2D eigenvalue weighted by atomic mass is 9.87. The Hall–Kier alpha value is -0.870. The van der Waals surface area contributed by atoms with E-state index in [4.69, 9.17) is 4.84 Å². The van der Waals surface area contributed by atoms with Crippen molar-refractivity contribution < 1.29 is 9.63 Å². The number of hydrogen-bond donors (Lipinski definition) is 1. The Morgan fingerprint density at radius 3 is 3.05 bits per heavy atom. The summed E-state index contributed by atoms with van der Waals surface area (Å²) in [6.45, 7) is 6.91. The van der Waals surface area contributed by atoms with Crippen molar-refractivity contribution in [2.75, 3.05) is 6.61 Å². The molecule has 1 aliphatic carbocycles. The molecule has 1 heterocycles. The van der Waals surface area contributed by atoms with Crippen molar-refractivity contribution >= 4 is 17.2 Å². The van der Waals surface area contributed by atoms with Crippen molar-refractivity contribution in [3.63, 3.8) is 0 Å². The molecule has 19 heavy (non-hydrogen) atoms. The summed E-state index contributed by atoms with van der Waals surface area (Å²) in [6, 6.07) is 2.05. The third-order valence-corrected chi connectivity index (χ3v) is 4.80. The Morgan fingerprint density at radius 1 is 1.58 bits per heavy atom. The molecule has 0 aromatic carbocycles. The first-order chi connectivity index (χ1) is 9.10. The fraction of sp³-hybridized carbons (Fsp3) is 0.667. The second-order valence-corrected chi connectivity index (χ2v) is 6.85. The maximum absolute atomic E-state index is 12.0. The summed E-state index contributed by atoms with van der Waals surface area (Å²) >= 11 is 1.62. The maximum atomic E-state index is 12.0. The van der Waals surface area contributed by atoms with Crippen molar-refractivity contribution in [3.05, 3.63) is 21.4 Å². The third-order valence-electron chi connectivity index (χ3n) is 3.57. The molecule has 1 aromatic heterocycles. The minimum Gasteiger partial charge on any atom is -0.273 e. The van der Waals surface area contributed by atoms with Gasteiger partial charge in [0, 0.05) is 4.88 Å². The van der Waals surface area contributed by atoms with E-state index >= 15 is 0 Å². The number of carbonyl (C=O) groups is 1. The fourth-order valence-electron chi connectivity index (χ4n) is 2.38. The van der Waals surface area contributed by atoms with Crippen LogP contribution in [-0.4, -0.2) is 12.5 Å². The van der Waals surface area contributed by atoms with Crippen LogP contribution in [0.4, 0.5) is 0 Å². The van der Waals surface area contributed by atoms with Crippen molar-refractivity contribution in [1.29, 1.82) is 0 Å². The standard InChI is InChI=1S/C15H23NO2S/c1-4-11-5-6-13-12(7-11)8-14(19-13)15(17)16-18-9-10(2)3/h8,10-11H,4-7,9H2,1-3H3,(H,16,17). The van der Waals surface area contributed by atoms with E-state index in [2.05, 4.69) is 32.3 Å². The molecule has 2 rings (SSSR count). The van der Waals surface area contributed by atoms with Gasteiger partial charge in [0.2, 0.25) is 0 Å². The van der Waals surface area contributed by atoms with Gasteiger partial charge in [0.05, 0.1) is 11.5 Å². The van der Waals surface area contributed by atoms with E-state index in [1.54, 1.807) is 11.3 Å². The number of fused-ring (bicyclic) bond motifs is 1. The summed E-state index contributed by atoms with van der Waals surface area (Å²) in [4.78, 5) is 19.3. The summed E-state index contributed by atoms with van der Waals surface area (Å²) in [7, 11) is 0. The highest BCUT2D eigenvalue weighted by Gasteiger charge is 2.22. The number of nitrogens with one attached hydrogen (secondary N) is 1. The molecule has 0 spiro atoms. The van der Waals surface area contributed by atoms with E-state index in [-0.39, 0.29) is 5.91 Å². The van der Waals surface area contributed by atoms with Gasteiger partial charge in [-0.2, -0.15) is 0 Å². The fourth-order valence-corrected chi connectivity index (χ4v) is 3.48. The van der Waals surface area contributed by atoms with Crippen LogP contribution in [0.2, 0.25) is 0 Å². The zero-order valence-corrected chi connectivity index (χ0v) is 12.8. The molecular formula is C15H23NO2S. The molecule has 1 unspecified atom stereocenters. The van der Waals surface area contributed by atoms with Crippen LogP contribution in [0.5, 0.6) is 0 Å². The summed E-state index contributed by atoms with van der Waals surface area (Å²) in [5.41, 5.74) is 3.91. The second kappa shape index (κ2) is 6.53.